The fourth-order valence-electron chi connectivity index (χ4n) is 6.66. The standard InChI is InChI=1S/C38H32F3N5O6S/c1-23(53-27-18-51-34(52-19-27)9-5-2-6-25-11-10-24(16-42)14-32(25)40)38(20-45-22-43-21-44-45,30-13-12-26(39)15-33(30)41)31(37(49)50)17-46-35(47)28-7-3-4-8-29(28)36(46)48/h2-15,21-23,27,31,34H,17-20H2,1H3,(H,49,50)/t23-,27?,31?,34?,38+/m1/s1. The number of hydrogen-bond acceptors (Lipinski definition) is 9. The molecule has 15 heteroatoms. The summed E-state index contributed by atoms with van der Waals surface area (Å²) in [7, 11) is 0. The largest absolute Gasteiger partial charge is 0.481 e. The minimum atomic E-state index is -1.76. The second-order valence-electron chi connectivity index (χ2n) is 12.4. The van der Waals surface area contributed by atoms with Gasteiger partial charge in [0.25, 0.3) is 11.8 Å². The minimum Gasteiger partial charge on any atom is -0.481 e. The summed E-state index contributed by atoms with van der Waals surface area (Å²) in [5.41, 5.74) is -1.17. The van der Waals surface area contributed by atoms with Gasteiger partial charge in [0.2, 0.25) is 0 Å². The highest BCUT2D eigenvalue weighted by Crippen LogP contribution is 2.47. The van der Waals surface area contributed by atoms with Crippen LogP contribution in [-0.4, -0.2) is 79.1 Å². The molecule has 1 unspecified atom stereocenters. The number of allylic oxidation sites excluding steroid dienone is 2. The number of halogens is 3. The molecular weight excluding hydrogens is 712 g/mol. The molecule has 0 spiro atoms. The summed E-state index contributed by atoms with van der Waals surface area (Å²) in [6.45, 7) is 1.08. The number of nitriles is 1. The zero-order chi connectivity index (χ0) is 37.7. The van der Waals surface area contributed by atoms with Gasteiger partial charge in [0, 0.05) is 28.8 Å². The first-order valence-corrected chi connectivity index (χ1v) is 17.3. The maximum absolute atomic E-state index is 16.1. The third-order valence-corrected chi connectivity index (χ3v) is 10.8. The fourth-order valence-corrected chi connectivity index (χ4v) is 8.16. The lowest BCUT2D eigenvalue weighted by Gasteiger charge is -2.45. The smallest absolute Gasteiger partial charge is 0.309 e. The molecule has 2 aliphatic rings. The summed E-state index contributed by atoms with van der Waals surface area (Å²) in [4.78, 5) is 45.2. The van der Waals surface area contributed by atoms with Crippen LogP contribution in [0.3, 0.4) is 0 Å². The Morgan fingerprint density at radius 1 is 1.06 bits per heavy atom. The van der Waals surface area contributed by atoms with Crippen molar-refractivity contribution in [2.75, 3.05) is 19.8 Å². The van der Waals surface area contributed by atoms with Crippen molar-refractivity contribution >= 4 is 35.6 Å². The summed E-state index contributed by atoms with van der Waals surface area (Å²) >= 11 is 1.26. The van der Waals surface area contributed by atoms with Gasteiger partial charge in [-0.1, -0.05) is 49.4 Å². The van der Waals surface area contributed by atoms with Gasteiger partial charge in [0.1, 0.15) is 30.1 Å². The summed E-state index contributed by atoms with van der Waals surface area (Å²) in [5.74, 6) is -6.84. The highest BCUT2D eigenvalue weighted by molar-refractivity contribution is 8.00. The van der Waals surface area contributed by atoms with Crippen molar-refractivity contribution in [1.29, 1.82) is 5.26 Å². The van der Waals surface area contributed by atoms with E-state index in [0.29, 0.717) is 11.6 Å². The van der Waals surface area contributed by atoms with E-state index < -0.39 is 69.9 Å². The molecule has 0 aliphatic carbocycles. The lowest BCUT2D eigenvalue weighted by molar-refractivity contribution is -0.146. The molecule has 0 bridgehead atoms. The van der Waals surface area contributed by atoms with Gasteiger partial charge in [0.15, 0.2) is 6.29 Å². The lowest BCUT2D eigenvalue weighted by Crippen LogP contribution is -2.55. The monoisotopic (exact) mass is 743 g/mol. The number of rotatable bonds is 13. The molecule has 3 atom stereocenters. The number of carbonyl (C=O) groups is 3. The van der Waals surface area contributed by atoms with Crippen molar-refractivity contribution in [2.24, 2.45) is 5.92 Å². The number of fused-ring (bicyclic) bond motifs is 1. The van der Waals surface area contributed by atoms with Crippen LogP contribution in [0.2, 0.25) is 0 Å². The van der Waals surface area contributed by atoms with E-state index in [1.807, 2.05) is 6.07 Å². The summed E-state index contributed by atoms with van der Waals surface area (Å²) in [6, 6.07) is 15.0. The molecule has 0 radical (unpaired) electrons. The highest BCUT2D eigenvalue weighted by Gasteiger charge is 2.54. The zero-order valence-electron chi connectivity index (χ0n) is 28.1. The number of carboxylic acid groups (broad SMARTS) is 1. The maximum Gasteiger partial charge on any atom is 0.309 e. The highest BCUT2D eigenvalue weighted by atomic mass is 32.2. The maximum atomic E-state index is 16.1. The molecule has 11 nitrogen and oxygen atoms in total. The van der Waals surface area contributed by atoms with Crippen LogP contribution >= 0.6 is 11.8 Å². The average Bonchev–Trinajstić information content (AvgIpc) is 3.74. The molecule has 0 saturated carbocycles. The first kappa shape index (κ1) is 37.2. The number of hydrogen-bond donors (Lipinski definition) is 1. The molecule has 2 amide bonds. The van der Waals surface area contributed by atoms with E-state index in [9.17, 15) is 28.3 Å². The number of benzene rings is 3. The van der Waals surface area contributed by atoms with Crippen molar-refractivity contribution in [2.45, 2.75) is 35.7 Å². The quantitative estimate of drug-likeness (QED) is 0.135. The summed E-state index contributed by atoms with van der Waals surface area (Å²) in [5, 5.41) is 22.8. The second kappa shape index (κ2) is 16.0. The first-order chi connectivity index (χ1) is 25.5. The van der Waals surface area contributed by atoms with E-state index in [-0.39, 0.29) is 42.0 Å². The van der Waals surface area contributed by atoms with Crippen LogP contribution in [0.15, 0.2) is 91.5 Å². The van der Waals surface area contributed by atoms with Gasteiger partial charge in [-0.2, -0.15) is 10.4 Å². The number of carbonyl (C=O) groups excluding carboxylic acids is 2. The van der Waals surface area contributed by atoms with Gasteiger partial charge in [-0.3, -0.25) is 24.0 Å². The molecule has 6 rings (SSSR count). The molecule has 3 heterocycles. The Kier molecular flexibility index (Phi) is 11.2. The lowest BCUT2D eigenvalue weighted by atomic mass is 9.67. The number of ether oxygens (including phenoxy) is 2. The van der Waals surface area contributed by atoms with Crippen LogP contribution in [0.4, 0.5) is 13.2 Å². The molecule has 3 aromatic carbocycles. The number of aliphatic carboxylic acids is 1. The molecule has 53 heavy (non-hydrogen) atoms. The van der Waals surface area contributed by atoms with Crippen molar-refractivity contribution in [3.63, 3.8) is 0 Å². The average molecular weight is 744 g/mol. The second-order valence-corrected chi connectivity index (χ2v) is 14.1. The van der Waals surface area contributed by atoms with Gasteiger partial charge in [-0.25, -0.2) is 18.2 Å². The Hall–Kier alpha value is -5.56. The van der Waals surface area contributed by atoms with Gasteiger partial charge in [-0.15, -0.1) is 11.8 Å². The van der Waals surface area contributed by atoms with Gasteiger partial charge in [-0.05, 0) is 42.0 Å². The van der Waals surface area contributed by atoms with Crippen LogP contribution in [0, 0.1) is 34.7 Å². The van der Waals surface area contributed by atoms with Crippen molar-refractivity contribution < 1.29 is 42.1 Å². The molecule has 1 aromatic heterocycles. The Morgan fingerprint density at radius 3 is 2.38 bits per heavy atom. The van der Waals surface area contributed by atoms with Crippen molar-refractivity contribution in [1.82, 2.24) is 19.7 Å². The normalized spacial score (nSPS) is 19.6. The van der Waals surface area contributed by atoms with E-state index in [0.717, 1.165) is 17.0 Å². The number of nitrogens with zero attached hydrogens (tertiary/aromatic N) is 5. The van der Waals surface area contributed by atoms with Crippen LogP contribution < -0.4 is 0 Å². The Balaban J connectivity index is 1.27. The van der Waals surface area contributed by atoms with Crippen molar-refractivity contribution in [3.05, 3.63) is 137 Å². The van der Waals surface area contributed by atoms with Gasteiger partial charge in [0.05, 0.1) is 53.7 Å². The van der Waals surface area contributed by atoms with E-state index >= 15 is 4.39 Å². The predicted octanol–water partition coefficient (Wildman–Crippen LogP) is 5.63. The molecule has 1 fully saturated rings. The van der Waals surface area contributed by atoms with E-state index in [1.54, 1.807) is 37.3 Å². The van der Waals surface area contributed by atoms with Crippen LogP contribution in [0.25, 0.3) is 6.08 Å². The summed E-state index contributed by atoms with van der Waals surface area (Å²) < 4.78 is 57.7. The molecule has 1 saturated heterocycles. The molecule has 1 N–H and O–H groups in total. The summed E-state index contributed by atoms with van der Waals surface area (Å²) in [6.07, 6.45) is 8.17. The minimum absolute atomic E-state index is 0.121. The van der Waals surface area contributed by atoms with Crippen LogP contribution in [0.5, 0.6) is 0 Å². The van der Waals surface area contributed by atoms with E-state index in [4.69, 9.17) is 14.7 Å². The number of thioether (sulfide) groups is 1. The first-order valence-electron chi connectivity index (χ1n) is 16.4. The predicted molar refractivity (Wildman–Crippen MR) is 187 cm³/mol. The third kappa shape index (κ3) is 7.80. The number of amides is 2. The van der Waals surface area contributed by atoms with Gasteiger partial charge >= 0.3 is 5.97 Å². The SMILES string of the molecule is C[C@@H](SC1COC(C=CC=Cc2ccc(C#N)cc2F)OC1)[C@@](Cn1cncn1)(c1ccc(F)cc1F)C(CN1C(=O)c2ccccc2C1=O)C(=O)O. The van der Waals surface area contributed by atoms with Gasteiger partial charge < -0.3 is 14.6 Å². The molecule has 272 valence electrons. The fraction of sp³-hybridized carbons (Fsp3) is 0.263. The molecule has 4 aromatic rings. The topological polar surface area (TPSA) is 148 Å². The Morgan fingerprint density at radius 2 is 1.77 bits per heavy atom. The molecule has 2 aliphatic heterocycles. The zero-order valence-corrected chi connectivity index (χ0v) is 29.0. The molecular formula is C38H32F3N5O6S. The number of aromatic nitrogens is 3. The Labute approximate surface area is 306 Å². The number of carboxylic acids is 1. The van der Waals surface area contributed by atoms with Crippen LogP contribution in [-0.2, 0) is 26.2 Å². The third-order valence-electron chi connectivity index (χ3n) is 9.29. The van der Waals surface area contributed by atoms with Crippen LogP contribution in [0.1, 0.15) is 44.3 Å². The van der Waals surface area contributed by atoms with E-state index in [1.165, 1.54) is 65.5 Å². The number of imide groups is 1. The van der Waals surface area contributed by atoms with Crippen molar-refractivity contribution in [3.8, 4) is 6.07 Å². The van der Waals surface area contributed by atoms with E-state index in [2.05, 4.69) is 10.1 Å². The Bertz CT molecular complexity index is 2080.